The zero-order valence-electron chi connectivity index (χ0n) is 18.5. The summed E-state index contributed by atoms with van der Waals surface area (Å²) in [5.74, 6) is 0.746. The van der Waals surface area contributed by atoms with Gasteiger partial charge in [-0.25, -0.2) is 0 Å². The molecule has 0 amide bonds. The molecule has 0 radical (unpaired) electrons. The van der Waals surface area contributed by atoms with Gasteiger partial charge in [0.1, 0.15) is 6.54 Å². The van der Waals surface area contributed by atoms with Crippen molar-refractivity contribution in [3.8, 4) is 0 Å². The van der Waals surface area contributed by atoms with Gasteiger partial charge in [-0.1, -0.05) is 48.7 Å². The predicted molar refractivity (Wildman–Crippen MR) is 117 cm³/mol. The lowest BCUT2D eigenvalue weighted by molar-refractivity contribution is -0.951. The average Bonchev–Trinajstić information content (AvgIpc) is 2.68. The fourth-order valence-electron chi connectivity index (χ4n) is 5.82. The minimum Gasteiger partial charge on any atom is -0.370 e. The van der Waals surface area contributed by atoms with Crippen LogP contribution in [0.5, 0.6) is 0 Å². The molecular weight excluding hydrogens is 342 g/mol. The zero-order valence-corrected chi connectivity index (χ0v) is 18.5. The van der Waals surface area contributed by atoms with Crippen molar-refractivity contribution in [3.63, 3.8) is 0 Å². The molecule has 4 rings (SSSR count). The highest BCUT2D eigenvalue weighted by Gasteiger charge is 2.45. The summed E-state index contributed by atoms with van der Waals surface area (Å²) in [5.41, 5.74) is 5.13. The smallest absolute Gasteiger partial charge is 0.104 e. The maximum Gasteiger partial charge on any atom is 0.104 e. The maximum atomic E-state index is 6.87. The van der Waals surface area contributed by atoms with E-state index in [0.717, 1.165) is 23.4 Å². The number of ether oxygens (including phenoxy) is 1. The fourth-order valence-corrected chi connectivity index (χ4v) is 5.82. The second-order valence-electron chi connectivity index (χ2n) is 10.7. The summed E-state index contributed by atoms with van der Waals surface area (Å²) in [4.78, 5) is 0. The molecule has 1 aromatic carbocycles. The van der Waals surface area contributed by atoms with Crippen LogP contribution in [-0.4, -0.2) is 36.3 Å². The molecule has 1 fully saturated rings. The van der Waals surface area contributed by atoms with Gasteiger partial charge in [0.25, 0.3) is 0 Å². The lowest BCUT2D eigenvalue weighted by Crippen LogP contribution is -2.57. The molecule has 0 aromatic heterocycles. The molecule has 28 heavy (non-hydrogen) atoms. The highest BCUT2D eigenvalue weighted by atomic mass is 16.5. The van der Waals surface area contributed by atoms with Crippen molar-refractivity contribution >= 4 is 0 Å². The Morgan fingerprint density at radius 3 is 2.36 bits per heavy atom. The molecule has 3 atom stereocenters. The van der Waals surface area contributed by atoms with Crippen LogP contribution in [0.3, 0.4) is 0 Å². The molecule has 0 N–H and O–H groups in total. The Labute approximate surface area is 172 Å². The summed E-state index contributed by atoms with van der Waals surface area (Å²) < 4.78 is 7.87. The van der Waals surface area contributed by atoms with Gasteiger partial charge in [0.2, 0.25) is 0 Å². The standard InChI is InChI=1S/C26H40NO/c1-26(2,27(3,4)19-20-12-6-5-7-13-20)18-25-23-16-9-8-14-21(23)22-15-10-11-17-24(22)28-25/h5-7,12-13,22,24-25H,8-11,14-19H2,1-4H3/q+1/t22-,24-,25+/m1/s1. The van der Waals surface area contributed by atoms with Gasteiger partial charge in [-0.05, 0) is 57.9 Å². The van der Waals surface area contributed by atoms with Gasteiger partial charge in [0.05, 0.1) is 31.8 Å². The van der Waals surface area contributed by atoms with Gasteiger partial charge in [0.15, 0.2) is 0 Å². The van der Waals surface area contributed by atoms with Crippen molar-refractivity contribution in [2.75, 3.05) is 14.1 Å². The van der Waals surface area contributed by atoms with Crippen molar-refractivity contribution in [2.24, 2.45) is 5.92 Å². The minimum atomic E-state index is 0.164. The number of benzene rings is 1. The topological polar surface area (TPSA) is 9.23 Å². The molecule has 0 unspecified atom stereocenters. The van der Waals surface area contributed by atoms with Gasteiger partial charge >= 0.3 is 0 Å². The van der Waals surface area contributed by atoms with Crippen LogP contribution >= 0.6 is 0 Å². The van der Waals surface area contributed by atoms with Gasteiger partial charge in [-0.15, -0.1) is 0 Å². The van der Waals surface area contributed by atoms with Crippen LogP contribution in [0, 0.1) is 5.92 Å². The summed E-state index contributed by atoms with van der Waals surface area (Å²) in [6, 6.07) is 11.0. The Balaban J connectivity index is 1.55. The van der Waals surface area contributed by atoms with E-state index in [0.29, 0.717) is 12.2 Å². The van der Waals surface area contributed by atoms with Crippen molar-refractivity contribution in [1.82, 2.24) is 0 Å². The Morgan fingerprint density at radius 2 is 1.61 bits per heavy atom. The lowest BCUT2D eigenvalue weighted by Gasteiger charge is -2.50. The van der Waals surface area contributed by atoms with E-state index in [9.17, 15) is 0 Å². The SMILES string of the molecule is CC(C)(C[C@@H]1O[C@@H]2CCCC[C@@H]2C2=C1CCCC2)[N+](C)(C)Cc1ccccc1. The van der Waals surface area contributed by atoms with E-state index < -0.39 is 0 Å². The molecule has 1 saturated carbocycles. The van der Waals surface area contributed by atoms with Crippen molar-refractivity contribution in [3.05, 3.63) is 47.0 Å². The number of quaternary nitrogens is 1. The van der Waals surface area contributed by atoms with Gasteiger partial charge < -0.3 is 9.22 Å². The molecule has 2 aliphatic carbocycles. The lowest BCUT2D eigenvalue weighted by atomic mass is 9.71. The number of rotatable bonds is 5. The minimum absolute atomic E-state index is 0.164. The monoisotopic (exact) mass is 382 g/mol. The van der Waals surface area contributed by atoms with Crippen molar-refractivity contribution < 1.29 is 9.22 Å². The second kappa shape index (κ2) is 7.95. The third-order valence-electron chi connectivity index (χ3n) is 8.18. The summed E-state index contributed by atoms with van der Waals surface area (Å²) in [6.45, 7) is 5.98. The summed E-state index contributed by atoms with van der Waals surface area (Å²) in [5, 5.41) is 0. The Hall–Kier alpha value is -1.12. The van der Waals surface area contributed by atoms with Crippen LogP contribution in [-0.2, 0) is 11.3 Å². The van der Waals surface area contributed by atoms with Gasteiger partial charge in [0, 0.05) is 17.9 Å². The first kappa shape index (κ1) is 20.2. The van der Waals surface area contributed by atoms with Gasteiger partial charge in [-0.3, -0.25) is 0 Å². The first-order valence-electron chi connectivity index (χ1n) is 11.6. The Morgan fingerprint density at radius 1 is 0.929 bits per heavy atom. The number of fused-ring (bicyclic) bond motifs is 2. The van der Waals surface area contributed by atoms with E-state index in [2.05, 4.69) is 58.3 Å². The molecule has 1 aromatic rings. The molecule has 2 heteroatoms. The van der Waals surface area contributed by atoms with E-state index in [4.69, 9.17) is 4.74 Å². The molecule has 0 saturated heterocycles. The number of hydrogen-bond donors (Lipinski definition) is 0. The number of nitrogens with zero attached hydrogens (tertiary/aromatic N) is 1. The fraction of sp³-hybridized carbons (Fsp3) is 0.692. The normalized spacial score (nSPS) is 28.6. The Bertz CT molecular complexity index is 702. The highest BCUT2D eigenvalue weighted by Crippen LogP contribution is 2.47. The zero-order chi connectivity index (χ0) is 19.8. The van der Waals surface area contributed by atoms with Crippen LogP contribution in [0.15, 0.2) is 41.5 Å². The predicted octanol–water partition coefficient (Wildman–Crippen LogP) is 6.26. The molecule has 3 aliphatic rings. The molecule has 154 valence electrons. The van der Waals surface area contributed by atoms with E-state index in [-0.39, 0.29) is 5.54 Å². The van der Waals surface area contributed by atoms with E-state index in [1.165, 1.54) is 56.9 Å². The van der Waals surface area contributed by atoms with E-state index in [1.54, 1.807) is 5.57 Å². The molecule has 1 aliphatic heterocycles. The first-order chi connectivity index (χ1) is 13.4. The molecular formula is C26H40NO+. The van der Waals surface area contributed by atoms with Crippen LogP contribution in [0.4, 0.5) is 0 Å². The summed E-state index contributed by atoms with van der Waals surface area (Å²) in [7, 11) is 4.80. The van der Waals surface area contributed by atoms with Crippen molar-refractivity contribution in [1.29, 1.82) is 0 Å². The molecule has 0 bridgehead atoms. The quantitative estimate of drug-likeness (QED) is 0.431. The average molecular weight is 383 g/mol. The third-order valence-corrected chi connectivity index (χ3v) is 8.18. The maximum absolute atomic E-state index is 6.87. The number of hydrogen-bond acceptors (Lipinski definition) is 1. The highest BCUT2D eigenvalue weighted by molar-refractivity contribution is 5.28. The molecule has 1 heterocycles. The summed E-state index contributed by atoms with van der Waals surface area (Å²) >= 11 is 0. The Kier molecular flexibility index (Phi) is 5.73. The molecule has 0 spiro atoms. The summed E-state index contributed by atoms with van der Waals surface area (Å²) in [6.07, 6.45) is 12.8. The van der Waals surface area contributed by atoms with Crippen LogP contribution in [0.25, 0.3) is 0 Å². The van der Waals surface area contributed by atoms with Crippen LogP contribution < -0.4 is 0 Å². The second-order valence-corrected chi connectivity index (χ2v) is 10.7. The largest absolute Gasteiger partial charge is 0.370 e. The first-order valence-corrected chi connectivity index (χ1v) is 11.6. The van der Waals surface area contributed by atoms with E-state index in [1.807, 2.05) is 5.57 Å². The van der Waals surface area contributed by atoms with Gasteiger partial charge in [-0.2, -0.15) is 0 Å². The van der Waals surface area contributed by atoms with Crippen LogP contribution in [0.2, 0.25) is 0 Å². The van der Waals surface area contributed by atoms with E-state index >= 15 is 0 Å². The third kappa shape index (κ3) is 3.96. The van der Waals surface area contributed by atoms with Crippen molar-refractivity contribution in [2.45, 2.75) is 95.9 Å². The van der Waals surface area contributed by atoms with Crippen LogP contribution in [0.1, 0.15) is 77.2 Å². The molecule has 2 nitrogen and oxygen atoms in total.